The van der Waals surface area contributed by atoms with E-state index in [9.17, 15) is 0 Å². The molecule has 6 heteroatoms. The van der Waals surface area contributed by atoms with Crippen molar-refractivity contribution in [3.63, 3.8) is 0 Å². The average molecular weight is 448 g/mol. The summed E-state index contributed by atoms with van der Waals surface area (Å²) in [6.45, 7) is 2.45. The van der Waals surface area contributed by atoms with Crippen LogP contribution in [-0.2, 0) is 12.8 Å². The standard InChI is InChI=1S/C27H33N3O3/c1-31-20-7-3-6-19(14-20)28-12-5-13-33-26-16-24-22(15-25(26)32-2)27(29-17-18-10-11-18)21-8-4-9-23(21)30-24/h3,6-7,14-16,18,28H,4-5,8-13,17H2,1-2H3,(H,29,30). The van der Waals surface area contributed by atoms with Crippen LogP contribution in [0.4, 0.5) is 11.4 Å². The molecule has 0 atom stereocenters. The third-order valence-corrected chi connectivity index (χ3v) is 6.54. The third kappa shape index (κ3) is 4.95. The first-order valence-corrected chi connectivity index (χ1v) is 12.0. The number of hydrogen-bond donors (Lipinski definition) is 2. The maximum atomic E-state index is 6.14. The van der Waals surface area contributed by atoms with E-state index in [1.54, 1.807) is 14.2 Å². The minimum absolute atomic E-state index is 0.594. The van der Waals surface area contributed by atoms with E-state index in [0.717, 1.165) is 72.1 Å². The van der Waals surface area contributed by atoms with Gasteiger partial charge in [0.2, 0.25) is 0 Å². The zero-order chi connectivity index (χ0) is 22.6. The molecule has 0 spiro atoms. The summed E-state index contributed by atoms with van der Waals surface area (Å²) in [5.41, 5.74) is 5.91. The molecule has 1 fully saturated rings. The first kappa shape index (κ1) is 21.7. The lowest BCUT2D eigenvalue weighted by Gasteiger charge is -2.17. The van der Waals surface area contributed by atoms with Crippen molar-refractivity contribution < 1.29 is 14.2 Å². The summed E-state index contributed by atoms with van der Waals surface area (Å²) in [7, 11) is 3.38. The van der Waals surface area contributed by atoms with Crippen LogP contribution < -0.4 is 24.8 Å². The Bertz CT molecular complexity index is 1130. The number of nitrogens with zero attached hydrogens (tertiary/aromatic N) is 1. The molecule has 0 saturated heterocycles. The van der Waals surface area contributed by atoms with E-state index in [2.05, 4.69) is 16.7 Å². The van der Waals surface area contributed by atoms with Gasteiger partial charge in [0.15, 0.2) is 11.5 Å². The second kappa shape index (κ2) is 9.77. The molecule has 0 amide bonds. The highest BCUT2D eigenvalue weighted by Crippen LogP contribution is 2.40. The van der Waals surface area contributed by atoms with Gasteiger partial charge in [-0.15, -0.1) is 0 Å². The molecule has 2 aromatic carbocycles. The lowest BCUT2D eigenvalue weighted by Crippen LogP contribution is -2.09. The van der Waals surface area contributed by atoms with E-state index in [-0.39, 0.29) is 0 Å². The minimum atomic E-state index is 0.594. The van der Waals surface area contributed by atoms with Crippen LogP contribution in [0.25, 0.3) is 10.9 Å². The van der Waals surface area contributed by atoms with Crippen molar-refractivity contribution in [1.29, 1.82) is 0 Å². The highest BCUT2D eigenvalue weighted by Gasteiger charge is 2.25. The summed E-state index contributed by atoms with van der Waals surface area (Å²) in [4.78, 5) is 5.00. The van der Waals surface area contributed by atoms with Crippen molar-refractivity contribution in [2.45, 2.75) is 38.5 Å². The smallest absolute Gasteiger partial charge is 0.163 e. The van der Waals surface area contributed by atoms with Crippen LogP contribution in [0.3, 0.4) is 0 Å². The predicted molar refractivity (Wildman–Crippen MR) is 133 cm³/mol. The van der Waals surface area contributed by atoms with Gasteiger partial charge in [-0.05, 0) is 68.2 Å². The summed E-state index contributed by atoms with van der Waals surface area (Å²) in [5.74, 6) is 3.19. The molecule has 2 aliphatic rings. The molecule has 174 valence electrons. The van der Waals surface area contributed by atoms with Crippen LogP contribution in [0.2, 0.25) is 0 Å². The Morgan fingerprint density at radius 1 is 1.00 bits per heavy atom. The summed E-state index contributed by atoms with van der Waals surface area (Å²) in [6.07, 6.45) is 6.88. The summed E-state index contributed by atoms with van der Waals surface area (Å²) in [6, 6.07) is 12.1. The molecule has 2 N–H and O–H groups in total. The van der Waals surface area contributed by atoms with Crippen LogP contribution in [0.15, 0.2) is 36.4 Å². The van der Waals surface area contributed by atoms with Gasteiger partial charge in [-0.1, -0.05) is 6.07 Å². The molecule has 0 bridgehead atoms. The molecule has 33 heavy (non-hydrogen) atoms. The number of anilines is 2. The monoisotopic (exact) mass is 447 g/mol. The van der Waals surface area contributed by atoms with E-state index in [1.165, 1.54) is 36.2 Å². The number of rotatable bonds is 11. The van der Waals surface area contributed by atoms with Crippen LogP contribution in [0.1, 0.15) is 36.9 Å². The van der Waals surface area contributed by atoms with E-state index in [0.29, 0.717) is 6.61 Å². The lowest BCUT2D eigenvalue weighted by atomic mass is 10.1. The van der Waals surface area contributed by atoms with Gasteiger partial charge in [0.1, 0.15) is 5.75 Å². The quantitative estimate of drug-likeness (QED) is 0.382. The molecule has 2 aliphatic carbocycles. The molecular weight excluding hydrogens is 414 g/mol. The number of hydrogen-bond acceptors (Lipinski definition) is 6. The summed E-state index contributed by atoms with van der Waals surface area (Å²) in [5, 5.41) is 8.31. The molecule has 5 rings (SSSR count). The number of fused-ring (bicyclic) bond motifs is 2. The van der Waals surface area contributed by atoms with Crippen molar-refractivity contribution in [2.75, 3.05) is 44.5 Å². The fourth-order valence-corrected chi connectivity index (χ4v) is 4.53. The van der Waals surface area contributed by atoms with Crippen LogP contribution in [-0.4, -0.2) is 38.9 Å². The highest BCUT2D eigenvalue weighted by molar-refractivity contribution is 5.96. The van der Waals surface area contributed by atoms with Gasteiger partial charge in [0.25, 0.3) is 0 Å². The largest absolute Gasteiger partial charge is 0.497 e. The molecule has 1 saturated carbocycles. The van der Waals surface area contributed by atoms with Gasteiger partial charge in [0, 0.05) is 47.7 Å². The van der Waals surface area contributed by atoms with Gasteiger partial charge in [-0.25, -0.2) is 0 Å². The fourth-order valence-electron chi connectivity index (χ4n) is 4.53. The Kier molecular flexibility index (Phi) is 6.42. The molecule has 3 aromatic rings. The van der Waals surface area contributed by atoms with Crippen molar-refractivity contribution in [2.24, 2.45) is 5.92 Å². The third-order valence-electron chi connectivity index (χ3n) is 6.54. The highest BCUT2D eigenvalue weighted by atomic mass is 16.5. The summed E-state index contributed by atoms with van der Waals surface area (Å²) < 4.78 is 17.1. The predicted octanol–water partition coefficient (Wildman–Crippen LogP) is 5.44. The minimum Gasteiger partial charge on any atom is -0.497 e. The Morgan fingerprint density at radius 2 is 1.91 bits per heavy atom. The fraction of sp³-hybridized carbons (Fsp3) is 0.444. The van der Waals surface area contributed by atoms with Gasteiger partial charge < -0.3 is 24.8 Å². The molecule has 6 nitrogen and oxygen atoms in total. The van der Waals surface area contributed by atoms with Crippen LogP contribution in [0.5, 0.6) is 17.2 Å². The first-order chi connectivity index (χ1) is 16.2. The normalized spacial score (nSPS) is 14.7. The second-order valence-electron chi connectivity index (χ2n) is 8.97. The Morgan fingerprint density at radius 3 is 2.73 bits per heavy atom. The maximum absolute atomic E-state index is 6.14. The first-order valence-electron chi connectivity index (χ1n) is 12.0. The molecule has 1 aromatic heterocycles. The van der Waals surface area contributed by atoms with Crippen molar-refractivity contribution in [3.8, 4) is 17.2 Å². The van der Waals surface area contributed by atoms with Gasteiger partial charge in [-0.2, -0.15) is 0 Å². The van der Waals surface area contributed by atoms with Crippen LogP contribution >= 0.6 is 0 Å². The molecule has 0 aliphatic heterocycles. The number of nitrogens with one attached hydrogen (secondary N) is 2. The van der Waals surface area contributed by atoms with E-state index in [4.69, 9.17) is 19.2 Å². The number of aromatic nitrogens is 1. The van der Waals surface area contributed by atoms with E-state index >= 15 is 0 Å². The zero-order valence-corrected chi connectivity index (χ0v) is 19.6. The number of ether oxygens (including phenoxy) is 3. The molecule has 0 unspecified atom stereocenters. The maximum Gasteiger partial charge on any atom is 0.163 e. The Labute approximate surface area is 195 Å². The second-order valence-corrected chi connectivity index (χ2v) is 8.97. The average Bonchev–Trinajstić information content (AvgIpc) is 3.56. The topological polar surface area (TPSA) is 64.6 Å². The van der Waals surface area contributed by atoms with Crippen molar-refractivity contribution >= 4 is 22.3 Å². The van der Waals surface area contributed by atoms with Gasteiger partial charge >= 0.3 is 0 Å². The summed E-state index contributed by atoms with van der Waals surface area (Å²) >= 11 is 0. The van der Waals surface area contributed by atoms with Crippen molar-refractivity contribution in [1.82, 2.24) is 4.98 Å². The SMILES string of the molecule is COc1cccc(NCCCOc2cc3nc4c(c(NCC5CC5)c3cc2OC)CCC4)c1. The van der Waals surface area contributed by atoms with E-state index < -0.39 is 0 Å². The Hall–Kier alpha value is -3.15. The number of benzene rings is 2. The molecule has 1 heterocycles. The number of pyridine rings is 1. The zero-order valence-electron chi connectivity index (χ0n) is 19.6. The van der Waals surface area contributed by atoms with E-state index in [1.807, 2.05) is 30.3 Å². The molecule has 0 radical (unpaired) electrons. The number of aryl methyl sites for hydroxylation is 1. The Balaban J connectivity index is 1.28. The van der Waals surface area contributed by atoms with Gasteiger partial charge in [0.05, 0.1) is 26.3 Å². The van der Waals surface area contributed by atoms with Gasteiger partial charge in [-0.3, -0.25) is 4.98 Å². The number of methoxy groups -OCH3 is 2. The molecular formula is C27H33N3O3. The van der Waals surface area contributed by atoms with Crippen molar-refractivity contribution in [3.05, 3.63) is 47.7 Å². The van der Waals surface area contributed by atoms with Crippen LogP contribution in [0, 0.1) is 5.92 Å². The lowest BCUT2D eigenvalue weighted by molar-refractivity contribution is 0.293.